The molecule has 0 aliphatic rings. The molecule has 1 aromatic carbocycles. The van der Waals surface area contributed by atoms with E-state index in [1.807, 2.05) is 6.92 Å². The summed E-state index contributed by atoms with van der Waals surface area (Å²) in [6.45, 7) is 2.50. The van der Waals surface area contributed by atoms with E-state index < -0.39 is 22.9 Å². The van der Waals surface area contributed by atoms with Crippen LogP contribution in [0.3, 0.4) is 0 Å². The second kappa shape index (κ2) is 9.03. The molecule has 0 atom stereocenters. The highest BCUT2D eigenvalue weighted by Crippen LogP contribution is 2.21. The first-order valence-corrected chi connectivity index (χ1v) is 10.4. The van der Waals surface area contributed by atoms with Crippen molar-refractivity contribution in [2.45, 2.75) is 45.7 Å². The molecule has 9 nitrogen and oxygen atoms in total. The van der Waals surface area contributed by atoms with Gasteiger partial charge in [-0.2, -0.15) is 9.97 Å². The summed E-state index contributed by atoms with van der Waals surface area (Å²) in [5, 5.41) is 3.78. The minimum atomic E-state index is -0.783. The lowest BCUT2D eigenvalue weighted by Crippen LogP contribution is -2.40. The molecule has 4 aromatic rings. The second-order valence-electron chi connectivity index (χ2n) is 7.21. The van der Waals surface area contributed by atoms with E-state index in [9.17, 15) is 18.4 Å². The zero-order chi connectivity index (χ0) is 22.8. The number of fused-ring (bicyclic) bond motifs is 1. The first-order chi connectivity index (χ1) is 15.4. The third-order valence-corrected chi connectivity index (χ3v) is 5.12. The van der Waals surface area contributed by atoms with Crippen LogP contribution >= 0.6 is 11.6 Å². The molecule has 4 rings (SSSR count). The standard InChI is InChI=1S/C20H19ClF2N6O3/c1-2-8-28-17-15(25-19(21)26-17)18(30)29(20(28)31)9-4-3-5-14-24-16(27-32-14)12-7-6-11(22)10-13(12)23/h6-7,10H,2-5,8-9H2,1H3,(H,25,26). The maximum absolute atomic E-state index is 13.9. The first kappa shape index (κ1) is 21.9. The second-order valence-corrected chi connectivity index (χ2v) is 7.57. The third-order valence-electron chi connectivity index (χ3n) is 4.94. The number of aromatic nitrogens is 6. The van der Waals surface area contributed by atoms with Gasteiger partial charge < -0.3 is 9.51 Å². The average molecular weight is 465 g/mol. The molecular weight excluding hydrogens is 446 g/mol. The van der Waals surface area contributed by atoms with Crippen LogP contribution in [0.5, 0.6) is 0 Å². The van der Waals surface area contributed by atoms with Crippen LogP contribution in [0.4, 0.5) is 8.78 Å². The van der Waals surface area contributed by atoms with Crippen LogP contribution in [0.1, 0.15) is 32.1 Å². The van der Waals surface area contributed by atoms with Crippen molar-refractivity contribution in [3.63, 3.8) is 0 Å². The molecule has 168 valence electrons. The van der Waals surface area contributed by atoms with Crippen LogP contribution in [-0.2, 0) is 19.5 Å². The normalized spacial score (nSPS) is 11.5. The molecule has 0 saturated heterocycles. The van der Waals surface area contributed by atoms with Crippen LogP contribution in [0.15, 0.2) is 32.3 Å². The minimum absolute atomic E-state index is 0.0257. The van der Waals surface area contributed by atoms with E-state index in [-0.39, 0.29) is 40.3 Å². The molecule has 0 amide bonds. The Balaban J connectivity index is 1.46. The molecule has 3 aromatic heterocycles. The Labute approximate surface area is 184 Å². The highest BCUT2D eigenvalue weighted by Gasteiger charge is 2.17. The van der Waals surface area contributed by atoms with Gasteiger partial charge in [-0.1, -0.05) is 12.1 Å². The summed E-state index contributed by atoms with van der Waals surface area (Å²) in [6, 6.07) is 3.10. The highest BCUT2D eigenvalue weighted by molar-refractivity contribution is 6.28. The Morgan fingerprint density at radius 2 is 1.94 bits per heavy atom. The van der Waals surface area contributed by atoms with E-state index in [0.29, 0.717) is 32.2 Å². The van der Waals surface area contributed by atoms with Crippen molar-refractivity contribution in [1.29, 1.82) is 0 Å². The lowest BCUT2D eigenvalue weighted by atomic mass is 10.2. The van der Waals surface area contributed by atoms with Crippen LogP contribution in [0.2, 0.25) is 5.28 Å². The number of aromatic amines is 1. The molecule has 0 spiro atoms. The number of hydrogen-bond donors (Lipinski definition) is 1. The van der Waals surface area contributed by atoms with Gasteiger partial charge in [-0.15, -0.1) is 0 Å². The van der Waals surface area contributed by atoms with E-state index in [0.717, 1.165) is 16.7 Å². The number of imidazole rings is 1. The largest absolute Gasteiger partial charge is 0.339 e. The number of H-pyrrole nitrogens is 1. The SMILES string of the molecule is CCCn1c(=O)n(CCCCc2nc(-c3ccc(F)cc3F)no2)c(=O)c2[nH]c(Cl)nc21. The Morgan fingerprint density at radius 3 is 2.69 bits per heavy atom. The zero-order valence-corrected chi connectivity index (χ0v) is 17.8. The molecule has 0 bridgehead atoms. The van der Waals surface area contributed by atoms with Crippen molar-refractivity contribution in [3.05, 3.63) is 61.8 Å². The fraction of sp³-hybridized carbons (Fsp3) is 0.350. The maximum Gasteiger partial charge on any atom is 0.332 e. The monoisotopic (exact) mass is 464 g/mol. The van der Waals surface area contributed by atoms with Gasteiger partial charge in [-0.05, 0) is 43.0 Å². The summed E-state index contributed by atoms with van der Waals surface area (Å²) in [6.07, 6.45) is 2.07. The average Bonchev–Trinajstić information content (AvgIpc) is 3.37. The summed E-state index contributed by atoms with van der Waals surface area (Å²) in [7, 11) is 0. The van der Waals surface area contributed by atoms with Crippen molar-refractivity contribution in [3.8, 4) is 11.4 Å². The van der Waals surface area contributed by atoms with Gasteiger partial charge in [0.25, 0.3) is 5.56 Å². The van der Waals surface area contributed by atoms with Gasteiger partial charge in [0.05, 0.1) is 5.56 Å². The molecule has 12 heteroatoms. The van der Waals surface area contributed by atoms with Gasteiger partial charge in [0.1, 0.15) is 11.6 Å². The number of aryl methyl sites for hydroxylation is 2. The third kappa shape index (κ3) is 4.20. The fourth-order valence-corrected chi connectivity index (χ4v) is 3.62. The van der Waals surface area contributed by atoms with Crippen molar-refractivity contribution < 1.29 is 13.3 Å². The van der Waals surface area contributed by atoms with Crippen LogP contribution in [-0.4, -0.2) is 29.2 Å². The van der Waals surface area contributed by atoms with Gasteiger partial charge >= 0.3 is 5.69 Å². The van der Waals surface area contributed by atoms with Crippen LogP contribution in [0, 0.1) is 11.6 Å². The lowest BCUT2D eigenvalue weighted by Gasteiger charge is -2.10. The summed E-state index contributed by atoms with van der Waals surface area (Å²) < 4.78 is 34.7. The Kier molecular flexibility index (Phi) is 6.17. The summed E-state index contributed by atoms with van der Waals surface area (Å²) >= 11 is 5.89. The van der Waals surface area contributed by atoms with Crippen LogP contribution < -0.4 is 11.2 Å². The minimum Gasteiger partial charge on any atom is -0.339 e. The van der Waals surface area contributed by atoms with E-state index in [1.165, 1.54) is 10.6 Å². The molecule has 0 unspecified atom stereocenters. The zero-order valence-electron chi connectivity index (χ0n) is 17.1. The number of halogens is 3. The lowest BCUT2D eigenvalue weighted by molar-refractivity contribution is 0.372. The van der Waals surface area contributed by atoms with Gasteiger partial charge in [-0.3, -0.25) is 13.9 Å². The summed E-state index contributed by atoms with van der Waals surface area (Å²) in [4.78, 5) is 36.4. The molecule has 0 saturated carbocycles. The number of rotatable bonds is 8. The molecule has 0 aliphatic carbocycles. The van der Waals surface area contributed by atoms with Crippen LogP contribution in [0.25, 0.3) is 22.6 Å². The molecule has 1 N–H and O–H groups in total. The Hall–Kier alpha value is -3.34. The van der Waals surface area contributed by atoms with Crippen molar-refractivity contribution in [2.75, 3.05) is 0 Å². The van der Waals surface area contributed by atoms with Gasteiger partial charge in [-0.25, -0.2) is 13.6 Å². The topological polar surface area (TPSA) is 112 Å². The number of nitrogens with zero attached hydrogens (tertiary/aromatic N) is 5. The van der Waals surface area contributed by atoms with Gasteiger partial charge in [0.2, 0.25) is 17.0 Å². The molecule has 0 radical (unpaired) electrons. The Bertz CT molecular complexity index is 1390. The van der Waals surface area contributed by atoms with E-state index in [2.05, 4.69) is 20.1 Å². The summed E-state index contributed by atoms with van der Waals surface area (Å²) in [5.74, 6) is -1.18. The quantitative estimate of drug-likeness (QED) is 0.316. The molecule has 32 heavy (non-hydrogen) atoms. The van der Waals surface area contributed by atoms with E-state index in [1.54, 1.807) is 0 Å². The van der Waals surface area contributed by atoms with Crippen molar-refractivity contribution in [1.82, 2.24) is 29.2 Å². The van der Waals surface area contributed by atoms with Crippen molar-refractivity contribution in [2.24, 2.45) is 0 Å². The van der Waals surface area contributed by atoms with E-state index >= 15 is 0 Å². The first-order valence-electron chi connectivity index (χ1n) is 10.1. The molecule has 0 aliphatic heterocycles. The Morgan fingerprint density at radius 1 is 1.12 bits per heavy atom. The molecule has 3 heterocycles. The van der Waals surface area contributed by atoms with E-state index in [4.69, 9.17) is 16.1 Å². The van der Waals surface area contributed by atoms with Gasteiger partial charge in [0, 0.05) is 25.6 Å². The number of unbranched alkanes of at least 4 members (excludes halogenated alkanes) is 1. The van der Waals surface area contributed by atoms with Gasteiger partial charge in [0.15, 0.2) is 11.2 Å². The predicted octanol–water partition coefficient (Wildman–Crippen LogP) is 3.30. The number of nitrogens with one attached hydrogen (secondary N) is 1. The summed E-state index contributed by atoms with van der Waals surface area (Å²) in [5.41, 5.74) is -0.459. The predicted molar refractivity (Wildman–Crippen MR) is 113 cm³/mol. The molecule has 0 fully saturated rings. The smallest absolute Gasteiger partial charge is 0.332 e. The number of hydrogen-bond acceptors (Lipinski definition) is 6. The maximum atomic E-state index is 13.9. The fourth-order valence-electron chi connectivity index (χ4n) is 3.44. The molecular formula is C20H19ClF2N6O3. The highest BCUT2D eigenvalue weighted by atomic mass is 35.5. The van der Waals surface area contributed by atoms with Crippen molar-refractivity contribution >= 4 is 22.8 Å². The number of benzene rings is 1.